The normalized spacial score (nSPS) is 12.0. The van der Waals surface area contributed by atoms with E-state index in [1.807, 2.05) is 78.4 Å². The first-order valence-corrected chi connectivity index (χ1v) is 12.4. The summed E-state index contributed by atoms with van der Waals surface area (Å²) in [6, 6.07) is 26.9. The van der Waals surface area contributed by atoms with Crippen LogP contribution in [0.5, 0.6) is 5.75 Å². The molecule has 1 unspecified atom stereocenters. The van der Waals surface area contributed by atoms with Crippen LogP contribution in [0, 0.1) is 0 Å². The highest BCUT2D eigenvalue weighted by atomic mass is 16.5. The molecular weight excluding hydrogens is 466 g/mol. The Kier molecular flexibility index (Phi) is 10.2. The molecular formula is C30H35N3O4. The Bertz CT molecular complexity index is 1180. The van der Waals surface area contributed by atoms with Gasteiger partial charge in [0.2, 0.25) is 0 Å². The van der Waals surface area contributed by atoms with E-state index in [-0.39, 0.29) is 18.5 Å². The summed E-state index contributed by atoms with van der Waals surface area (Å²) in [6.07, 6.45) is 0.664. The van der Waals surface area contributed by atoms with Crippen LogP contribution < -0.4 is 15.4 Å². The topological polar surface area (TPSA) is 79.9 Å². The summed E-state index contributed by atoms with van der Waals surface area (Å²) in [4.78, 5) is 26.6. The molecule has 3 rings (SSSR count). The van der Waals surface area contributed by atoms with E-state index < -0.39 is 5.41 Å². The molecule has 1 atom stereocenters. The second kappa shape index (κ2) is 13.8. The summed E-state index contributed by atoms with van der Waals surface area (Å²) in [7, 11) is 1.55. The van der Waals surface area contributed by atoms with Crippen LogP contribution in [0.4, 0.5) is 5.69 Å². The average Bonchev–Trinajstić information content (AvgIpc) is 2.96. The molecule has 7 nitrogen and oxygen atoms in total. The van der Waals surface area contributed by atoms with Gasteiger partial charge in [0.1, 0.15) is 5.75 Å². The van der Waals surface area contributed by atoms with Gasteiger partial charge < -0.3 is 25.0 Å². The van der Waals surface area contributed by atoms with Crippen molar-refractivity contribution in [3.63, 3.8) is 0 Å². The van der Waals surface area contributed by atoms with Gasteiger partial charge in [-0.2, -0.15) is 0 Å². The van der Waals surface area contributed by atoms with Crippen LogP contribution in [0.1, 0.15) is 36.2 Å². The molecule has 0 aromatic heterocycles. The Morgan fingerprint density at radius 1 is 0.973 bits per heavy atom. The van der Waals surface area contributed by atoms with Crippen molar-refractivity contribution in [3.8, 4) is 5.75 Å². The lowest BCUT2D eigenvalue weighted by Crippen LogP contribution is -2.41. The summed E-state index contributed by atoms with van der Waals surface area (Å²) >= 11 is 0. The molecule has 0 aliphatic carbocycles. The minimum atomic E-state index is -0.400. The van der Waals surface area contributed by atoms with Gasteiger partial charge in [-0.3, -0.25) is 4.79 Å². The smallest absolute Gasteiger partial charge is 0.279 e. The van der Waals surface area contributed by atoms with E-state index in [2.05, 4.69) is 29.7 Å². The van der Waals surface area contributed by atoms with Crippen LogP contribution in [0.25, 0.3) is 0 Å². The highest BCUT2D eigenvalue weighted by Crippen LogP contribution is 2.28. The standard InChI is InChI=1S/C30H35N3O4/c1-4-33(28(21-34)37-23-32-25-15-9-6-10-16-25)20-19-30(2,24-13-7-5-8-14-24)22-31-29(35)26-17-11-12-18-27(26)36-3/h5-18,32H,4,19-20,22-23H2,1-3H3,(H,31,35). The number of hydrogen-bond donors (Lipinski definition) is 2. The predicted octanol–water partition coefficient (Wildman–Crippen LogP) is 4.85. The van der Waals surface area contributed by atoms with Gasteiger partial charge in [-0.15, -0.1) is 0 Å². The first-order valence-electron chi connectivity index (χ1n) is 12.4. The predicted molar refractivity (Wildman–Crippen MR) is 146 cm³/mol. The number of amides is 1. The van der Waals surface area contributed by atoms with E-state index in [1.54, 1.807) is 19.2 Å². The van der Waals surface area contributed by atoms with Gasteiger partial charge in [0.15, 0.2) is 12.7 Å². The quantitative estimate of drug-likeness (QED) is 0.187. The van der Waals surface area contributed by atoms with Crippen molar-refractivity contribution in [2.75, 3.05) is 38.8 Å². The van der Waals surface area contributed by atoms with Crippen LogP contribution in [-0.4, -0.2) is 50.2 Å². The molecule has 0 spiro atoms. The Morgan fingerprint density at radius 2 is 1.62 bits per heavy atom. The number of hydrogen-bond acceptors (Lipinski definition) is 6. The molecule has 0 saturated carbocycles. The minimum Gasteiger partial charge on any atom is -0.496 e. The fraction of sp³-hybridized carbons (Fsp3) is 0.300. The number of anilines is 1. The van der Waals surface area contributed by atoms with Crippen molar-refractivity contribution in [3.05, 3.63) is 102 Å². The lowest BCUT2D eigenvalue weighted by atomic mass is 9.79. The number of benzene rings is 3. The zero-order chi connectivity index (χ0) is 26.5. The number of rotatable bonds is 14. The van der Waals surface area contributed by atoms with Gasteiger partial charge in [-0.1, -0.05) is 67.6 Å². The first-order chi connectivity index (χ1) is 18.0. The first kappa shape index (κ1) is 27.4. The highest BCUT2D eigenvalue weighted by molar-refractivity contribution is 5.96. The summed E-state index contributed by atoms with van der Waals surface area (Å²) < 4.78 is 11.1. The van der Waals surface area contributed by atoms with Crippen molar-refractivity contribution in [1.29, 1.82) is 0 Å². The largest absolute Gasteiger partial charge is 0.496 e. The van der Waals surface area contributed by atoms with Gasteiger partial charge in [0.05, 0.1) is 12.7 Å². The Hall–Kier alpha value is -4.22. The Morgan fingerprint density at radius 3 is 2.27 bits per heavy atom. The zero-order valence-electron chi connectivity index (χ0n) is 21.7. The monoisotopic (exact) mass is 501 g/mol. The van der Waals surface area contributed by atoms with Crippen LogP contribution in [-0.2, 0) is 14.9 Å². The van der Waals surface area contributed by atoms with Crippen LogP contribution in [0.15, 0.2) is 90.8 Å². The molecule has 0 saturated heterocycles. The van der Waals surface area contributed by atoms with Gasteiger partial charge in [-0.05, 0) is 43.2 Å². The molecule has 7 heteroatoms. The fourth-order valence-corrected chi connectivity index (χ4v) is 4.09. The van der Waals surface area contributed by atoms with E-state index in [9.17, 15) is 9.59 Å². The molecule has 0 aliphatic heterocycles. The van der Waals surface area contributed by atoms with E-state index >= 15 is 0 Å². The number of carbonyl (C=O) groups excluding carboxylic acids is 2. The maximum atomic E-state index is 13.0. The lowest BCUT2D eigenvalue weighted by Gasteiger charge is -2.33. The number of ether oxygens (including phenoxy) is 2. The molecule has 0 radical (unpaired) electrons. The number of nitrogens with zero attached hydrogens (tertiary/aromatic N) is 1. The number of para-hydroxylation sites is 2. The van der Waals surface area contributed by atoms with Gasteiger partial charge in [0, 0.05) is 30.7 Å². The second-order valence-corrected chi connectivity index (χ2v) is 8.88. The Balaban J connectivity index is 1.68. The van der Waals surface area contributed by atoms with E-state index in [4.69, 9.17) is 9.47 Å². The molecule has 0 fully saturated rings. The zero-order valence-corrected chi connectivity index (χ0v) is 21.7. The van der Waals surface area contributed by atoms with Gasteiger partial charge >= 0.3 is 0 Å². The minimum absolute atomic E-state index is 0.149. The second-order valence-electron chi connectivity index (χ2n) is 8.88. The number of methoxy groups -OCH3 is 1. The summed E-state index contributed by atoms with van der Waals surface area (Å²) in [5.41, 5.74) is 2.08. The number of nitrogens with one attached hydrogen (secondary N) is 2. The third-order valence-corrected chi connectivity index (χ3v) is 6.41. The molecule has 37 heavy (non-hydrogen) atoms. The fourth-order valence-electron chi connectivity index (χ4n) is 4.09. The molecule has 3 aromatic carbocycles. The molecule has 1 amide bonds. The summed E-state index contributed by atoms with van der Waals surface area (Å²) in [5.74, 6) is 2.43. The molecule has 2 N–H and O–H groups in total. The molecule has 0 aliphatic rings. The van der Waals surface area contributed by atoms with Crippen LogP contribution in [0.3, 0.4) is 0 Å². The van der Waals surface area contributed by atoms with Crippen LogP contribution in [0.2, 0.25) is 0 Å². The summed E-state index contributed by atoms with van der Waals surface area (Å²) in [5, 5.41) is 6.23. The van der Waals surface area contributed by atoms with E-state index in [0.29, 0.717) is 37.4 Å². The lowest BCUT2D eigenvalue weighted by molar-refractivity contribution is 0.0934. The van der Waals surface area contributed by atoms with Crippen molar-refractivity contribution < 1.29 is 19.1 Å². The van der Waals surface area contributed by atoms with Crippen LogP contribution >= 0.6 is 0 Å². The molecule has 0 heterocycles. The Labute approximate surface area is 219 Å². The maximum absolute atomic E-state index is 13.0. The maximum Gasteiger partial charge on any atom is 0.279 e. The number of carbonyl (C=O) groups is 1. The van der Waals surface area contributed by atoms with Gasteiger partial charge in [-0.25, -0.2) is 4.79 Å². The molecule has 3 aromatic rings. The SMILES string of the molecule is CCN(CCC(C)(CNC(=O)c1ccccc1OC)c1ccccc1)C(=C=O)OCNc1ccccc1. The highest BCUT2D eigenvalue weighted by Gasteiger charge is 2.29. The third-order valence-electron chi connectivity index (χ3n) is 6.41. The third kappa shape index (κ3) is 7.63. The average molecular weight is 502 g/mol. The van der Waals surface area contributed by atoms with Crippen molar-refractivity contribution >= 4 is 17.5 Å². The summed E-state index contributed by atoms with van der Waals surface area (Å²) in [6.45, 7) is 5.75. The molecule has 194 valence electrons. The van der Waals surface area contributed by atoms with Crippen molar-refractivity contribution in [2.45, 2.75) is 25.7 Å². The molecule has 0 bridgehead atoms. The van der Waals surface area contributed by atoms with E-state index in [0.717, 1.165) is 11.3 Å². The van der Waals surface area contributed by atoms with Gasteiger partial charge in [0.25, 0.3) is 11.8 Å². The van der Waals surface area contributed by atoms with Crippen molar-refractivity contribution in [1.82, 2.24) is 10.2 Å². The van der Waals surface area contributed by atoms with E-state index in [1.165, 1.54) is 0 Å². The van der Waals surface area contributed by atoms with Crippen molar-refractivity contribution in [2.24, 2.45) is 0 Å².